The molecule has 0 aliphatic carbocycles. The average Bonchev–Trinajstić information content (AvgIpc) is 2.43. The average molecular weight is 287 g/mol. The van der Waals surface area contributed by atoms with Crippen molar-refractivity contribution >= 4 is 5.97 Å². The minimum absolute atomic E-state index is 0.224. The maximum atomic E-state index is 11.3. The summed E-state index contributed by atoms with van der Waals surface area (Å²) in [4.78, 5) is 13.7. The number of rotatable bonds is 9. The van der Waals surface area contributed by atoms with Gasteiger partial charge in [-0.05, 0) is 45.6 Å². The Kier molecular flexibility index (Phi) is 7.48. The van der Waals surface area contributed by atoms with Crippen LogP contribution in [0.5, 0.6) is 0 Å². The Morgan fingerprint density at radius 1 is 1.35 bits per heavy atom. The second-order valence-corrected chi connectivity index (χ2v) is 6.13. The normalized spacial score (nSPS) is 21.1. The highest BCUT2D eigenvalue weighted by molar-refractivity contribution is 5.74. The smallest absolute Gasteiger partial charge is 0.309 e. The molecular weight excluding hydrogens is 258 g/mol. The van der Waals surface area contributed by atoms with E-state index < -0.39 is 11.4 Å². The van der Waals surface area contributed by atoms with E-state index in [0.717, 1.165) is 52.1 Å². The lowest BCUT2D eigenvalue weighted by molar-refractivity contribution is -0.151. The fourth-order valence-electron chi connectivity index (χ4n) is 2.62. The first-order valence-corrected chi connectivity index (χ1v) is 7.51. The number of ether oxygens (including phenoxy) is 2. The summed E-state index contributed by atoms with van der Waals surface area (Å²) < 4.78 is 10.5. The van der Waals surface area contributed by atoms with E-state index in [-0.39, 0.29) is 5.92 Å². The van der Waals surface area contributed by atoms with Crippen LogP contribution in [0.15, 0.2) is 0 Å². The first-order valence-electron chi connectivity index (χ1n) is 7.51. The summed E-state index contributed by atoms with van der Waals surface area (Å²) in [6, 6.07) is 0. The highest BCUT2D eigenvalue weighted by Gasteiger charge is 2.38. The van der Waals surface area contributed by atoms with Gasteiger partial charge in [0.2, 0.25) is 0 Å². The Morgan fingerprint density at radius 3 is 2.75 bits per heavy atom. The second-order valence-electron chi connectivity index (χ2n) is 6.13. The molecule has 20 heavy (non-hydrogen) atoms. The van der Waals surface area contributed by atoms with Crippen LogP contribution in [0.3, 0.4) is 0 Å². The molecule has 0 amide bonds. The molecule has 0 spiro atoms. The lowest BCUT2D eigenvalue weighted by Gasteiger charge is -2.39. The van der Waals surface area contributed by atoms with E-state index >= 15 is 0 Å². The van der Waals surface area contributed by atoms with Crippen LogP contribution in [-0.2, 0) is 14.3 Å². The molecule has 0 radical (unpaired) electrons. The number of carboxylic acid groups (broad SMARTS) is 1. The van der Waals surface area contributed by atoms with E-state index in [1.165, 1.54) is 0 Å². The highest BCUT2D eigenvalue weighted by atomic mass is 16.5. The second kappa shape index (κ2) is 8.60. The van der Waals surface area contributed by atoms with E-state index in [0.29, 0.717) is 6.61 Å². The molecular formula is C15H29NO4. The zero-order chi connectivity index (χ0) is 15.0. The summed E-state index contributed by atoms with van der Waals surface area (Å²) in [5.41, 5.74) is -0.641. The molecule has 1 rings (SSSR count). The molecule has 0 aromatic heterocycles. The summed E-state index contributed by atoms with van der Waals surface area (Å²) in [6.45, 7) is 8.65. The number of nitrogens with zero attached hydrogens (tertiary/aromatic N) is 1. The van der Waals surface area contributed by atoms with Gasteiger partial charge in [-0.3, -0.25) is 4.79 Å². The summed E-state index contributed by atoms with van der Waals surface area (Å²) in [6.07, 6.45) is 3.00. The highest BCUT2D eigenvalue weighted by Crippen LogP contribution is 2.34. The van der Waals surface area contributed by atoms with Crippen LogP contribution >= 0.6 is 0 Å². The predicted octanol–water partition coefficient (Wildman–Crippen LogP) is 1.86. The fraction of sp³-hybridized carbons (Fsp3) is 0.933. The van der Waals surface area contributed by atoms with E-state index in [9.17, 15) is 9.90 Å². The Bertz CT molecular complexity index is 294. The molecule has 0 saturated carbocycles. The van der Waals surface area contributed by atoms with Gasteiger partial charge in [-0.1, -0.05) is 0 Å². The number of aliphatic carboxylic acids is 1. The zero-order valence-corrected chi connectivity index (χ0v) is 13.1. The number of carboxylic acids is 1. The number of hydrogen-bond donors (Lipinski definition) is 1. The molecule has 118 valence electrons. The van der Waals surface area contributed by atoms with E-state index in [1.807, 2.05) is 13.8 Å². The number of likely N-dealkylation sites (tertiary alicyclic amines) is 1. The Hall–Kier alpha value is -0.650. The fourth-order valence-corrected chi connectivity index (χ4v) is 2.62. The molecule has 1 N–H and O–H groups in total. The minimum atomic E-state index is -0.694. The molecule has 0 aromatic rings. The Morgan fingerprint density at radius 2 is 2.10 bits per heavy atom. The van der Waals surface area contributed by atoms with Gasteiger partial charge in [0.05, 0.1) is 12.0 Å². The van der Waals surface area contributed by atoms with E-state index in [1.54, 1.807) is 7.11 Å². The molecule has 5 heteroatoms. The van der Waals surface area contributed by atoms with Gasteiger partial charge in [0, 0.05) is 33.4 Å². The predicted molar refractivity (Wildman–Crippen MR) is 77.9 cm³/mol. The standard InChI is InChI=1S/C15H29NO4/c1-15(2,14(17)18)13-6-4-7-16(12-13)8-11-20-10-5-9-19-3/h13H,4-12H2,1-3H3,(H,17,18). The van der Waals surface area contributed by atoms with Gasteiger partial charge in [0.1, 0.15) is 0 Å². The van der Waals surface area contributed by atoms with Gasteiger partial charge in [-0.2, -0.15) is 0 Å². The quantitative estimate of drug-likeness (QED) is 0.656. The molecule has 1 saturated heterocycles. The molecule has 1 fully saturated rings. The lowest BCUT2D eigenvalue weighted by Crippen LogP contribution is -2.45. The molecule has 1 atom stereocenters. The van der Waals surface area contributed by atoms with Crippen LogP contribution in [0.25, 0.3) is 0 Å². The molecule has 0 aromatic carbocycles. The van der Waals surface area contributed by atoms with Gasteiger partial charge in [-0.15, -0.1) is 0 Å². The molecule has 1 heterocycles. The summed E-state index contributed by atoms with van der Waals surface area (Å²) in [5, 5.41) is 9.32. The maximum absolute atomic E-state index is 11.3. The summed E-state index contributed by atoms with van der Waals surface area (Å²) in [7, 11) is 1.69. The number of methoxy groups -OCH3 is 1. The van der Waals surface area contributed by atoms with Crippen LogP contribution < -0.4 is 0 Å². The van der Waals surface area contributed by atoms with Crippen molar-refractivity contribution in [3.8, 4) is 0 Å². The SMILES string of the molecule is COCCCOCCN1CCCC(C(C)(C)C(=O)O)C1. The van der Waals surface area contributed by atoms with Crippen molar-refractivity contribution in [1.29, 1.82) is 0 Å². The molecule has 1 aliphatic rings. The molecule has 0 bridgehead atoms. The monoisotopic (exact) mass is 287 g/mol. The number of carbonyl (C=O) groups is 1. The van der Waals surface area contributed by atoms with Gasteiger partial charge >= 0.3 is 5.97 Å². The van der Waals surface area contributed by atoms with Crippen molar-refractivity contribution in [3.63, 3.8) is 0 Å². The van der Waals surface area contributed by atoms with Crippen molar-refractivity contribution in [2.75, 3.05) is 46.6 Å². The number of hydrogen-bond acceptors (Lipinski definition) is 4. The number of piperidine rings is 1. The van der Waals surface area contributed by atoms with Gasteiger partial charge in [0.15, 0.2) is 0 Å². The van der Waals surface area contributed by atoms with Crippen LogP contribution in [0, 0.1) is 11.3 Å². The topological polar surface area (TPSA) is 59.0 Å². The van der Waals surface area contributed by atoms with Crippen molar-refractivity contribution < 1.29 is 19.4 Å². The van der Waals surface area contributed by atoms with Gasteiger partial charge in [0.25, 0.3) is 0 Å². The van der Waals surface area contributed by atoms with Crippen molar-refractivity contribution in [2.45, 2.75) is 33.1 Å². The maximum Gasteiger partial charge on any atom is 0.309 e. The molecule has 5 nitrogen and oxygen atoms in total. The van der Waals surface area contributed by atoms with Gasteiger partial charge in [-0.25, -0.2) is 0 Å². The minimum Gasteiger partial charge on any atom is -0.481 e. The third-order valence-corrected chi connectivity index (χ3v) is 4.27. The third kappa shape index (κ3) is 5.38. The van der Waals surface area contributed by atoms with Crippen LogP contribution in [0.2, 0.25) is 0 Å². The summed E-state index contributed by atoms with van der Waals surface area (Å²) in [5.74, 6) is -0.470. The third-order valence-electron chi connectivity index (χ3n) is 4.27. The van der Waals surface area contributed by atoms with Crippen LogP contribution in [0.4, 0.5) is 0 Å². The van der Waals surface area contributed by atoms with E-state index in [4.69, 9.17) is 9.47 Å². The zero-order valence-electron chi connectivity index (χ0n) is 13.1. The van der Waals surface area contributed by atoms with Gasteiger partial charge < -0.3 is 19.5 Å². The largest absolute Gasteiger partial charge is 0.481 e. The van der Waals surface area contributed by atoms with Crippen LogP contribution in [-0.4, -0.2) is 62.5 Å². The molecule has 1 aliphatic heterocycles. The van der Waals surface area contributed by atoms with Crippen molar-refractivity contribution in [1.82, 2.24) is 4.90 Å². The lowest BCUT2D eigenvalue weighted by atomic mass is 9.74. The van der Waals surface area contributed by atoms with Crippen molar-refractivity contribution in [3.05, 3.63) is 0 Å². The molecule has 1 unspecified atom stereocenters. The Labute approximate surface area is 122 Å². The van der Waals surface area contributed by atoms with E-state index in [2.05, 4.69) is 4.90 Å². The Balaban J connectivity index is 2.26. The van der Waals surface area contributed by atoms with Crippen LogP contribution in [0.1, 0.15) is 33.1 Å². The first kappa shape index (κ1) is 17.4. The first-order chi connectivity index (χ1) is 9.48. The van der Waals surface area contributed by atoms with Crippen molar-refractivity contribution in [2.24, 2.45) is 11.3 Å². The summed E-state index contributed by atoms with van der Waals surface area (Å²) >= 11 is 0.